The molecule has 160 valence electrons. The van der Waals surface area contributed by atoms with E-state index in [1.807, 2.05) is 45.9 Å². The van der Waals surface area contributed by atoms with Crippen LogP contribution in [0.15, 0.2) is 50.3 Å². The van der Waals surface area contributed by atoms with Gasteiger partial charge >= 0.3 is 0 Å². The molecule has 0 saturated carbocycles. The van der Waals surface area contributed by atoms with Gasteiger partial charge in [-0.3, -0.25) is 9.59 Å². The fourth-order valence-corrected chi connectivity index (χ4v) is 3.64. The summed E-state index contributed by atoms with van der Waals surface area (Å²) < 4.78 is 12.0. The molecule has 0 unspecified atom stereocenters. The molecule has 3 aromatic rings. The van der Waals surface area contributed by atoms with Crippen molar-refractivity contribution in [1.29, 1.82) is 0 Å². The van der Waals surface area contributed by atoms with Crippen molar-refractivity contribution in [1.82, 2.24) is 4.98 Å². The maximum absolute atomic E-state index is 13.4. The van der Waals surface area contributed by atoms with E-state index in [1.165, 1.54) is 12.3 Å². The Morgan fingerprint density at radius 1 is 1.26 bits per heavy atom. The highest BCUT2D eigenvalue weighted by molar-refractivity contribution is 5.97. The van der Waals surface area contributed by atoms with Crippen molar-refractivity contribution in [3.63, 3.8) is 0 Å². The molecule has 0 saturated heterocycles. The fraction of sp³-hybridized carbons (Fsp3) is 0.280. The number of hydrogen-bond acceptors (Lipinski definition) is 5. The zero-order valence-corrected chi connectivity index (χ0v) is 18.3. The molecule has 2 aromatic heterocycles. The summed E-state index contributed by atoms with van der Waals surface area (Å²) in [6.45, 7) is 9.47. The number of H-pyrrole nitrogens is 1. The van der Waals surface area contributed by atoms with Crippen molar-refractivity contribution in [3.8, 4) is 22.8 Å². The molecule has 0 aliphatic carbocycles. The number of pyridine rings is 1. The van der Waals surface area contributed by atoms with Gasteiger partial charge < -0.3 is 19.2 Å². The van der Waals surface area contributed by atoms with Crippen LogP contribution < -0.4 is 15.6 Å². The molecule has 0 bridgehead atoms. The van der Waals surface area contributed by atoms with E-state index in [4.69, 9.17) is 9.15 Å². The van der Waals surface area contributed by atoms with Gasteiger partial charge in [0.25, 0.3) is 0 Å². The minimum absolute atomic E-state index is 0.0720. The molecule has 1 aromatic carbocycles. The maximum Gasteiger partial charge on any atom is 0.205 e. The molecule has 0 spiro atoms. The lowest BCUT2D eigenvalue weighted by Gasteiger charge is -2.30. The molecule has 4 rings (SSSR count). The van der Waals surface area contributed by atoms with Gasteiger partial charge in [-0.05, 0) is 53.2 Å². The van der Waals surface area contributed by atoms with Crippen LogP contribution in [0.2, 0.25) is 0 Å². The van der Waals surface area contributed by atoms with E-state index in [1.54, 1.807) is 13.1 Å². The number of phenolic OH excluding ortho intramolecular Hbond substituents is 1. The quantitative estimate of drug-likeness (QED) is 0.592. The van der Waals surface area contributed by atoms with Crippen molar-refractivity contribution in [2.45, 2.75) is 46.6 Å². The van der Waals surface area contributed by atoms with E-state index in [0.29, 0.717) is 34.6 Å². The molecule has 1 aliphatic heterocycles. The molecule has 31 heavy (non-hydrogen) atoms. The fourth-order valence-electron chi connectivity index (χ4n) is 3.64. The lowest BCUT2D eigenvalue weighted by Crippen LogP contribution is -2.28. The number of benzene rings is 1. The summed E-state index contributed by atoms with van der Waals surface area (Å²) in [4.78, 5) is 28.5. The van der Waals surface area contributed by atoms with Gasteiger partial charge in [0.05, 0.1) is 16.8 Å². The molecule has 6 nitrogen and oxygen atoms in total. The van der Waals surface area contributed by atoms with E-state index >= 15 is 0 Å². The first kappa shape index (κ1) is 20.7. The maximum atomic E-state index is 13.4. The Kier molecular flexibility index (Phi) is 4.88. The number of phenols is 1. The number of nitrogens with one attached hydrogen (secondary N) is 1. The van der Waals surface area contributed by atoms with Gasteiger partial charge in [-0.25, -0.2) is 0 Å². The van der Waals surface area contributed by atoms with Crippen LogP contribution in [0.1, 0.15) is 44.4 Å². The van der Waals surface area contributed by atoms with Gasteiger partial charge in [0.2, 0.25) is 5.43 Å². The number of allylic oxidation sites excluding steroid dienone is 2. The summed E-state index contributed by atoms with van der Waals surface area (Å²) in [5.74, 6) is 0.344. The summed E-state index contributed by atoms with van der Waals surface area (Å²) in [5.41, 5.74) is 2.36. The normalized spacial score (nSPS) is 14.2. The topological polar surface area (TPSA) is 92.5 Å². The third-order valence-corrected chi connectivity index (χ3v) is 5.41. The summed E-state index contributed by atoms with van der Waals surface area (Å²) in [7, 11) is 0. The Morgan fingerprint density at radius 2 is 2.00 bits per heavy atom. The Labute approximate surface area is 179 Å². The average molecular weight is 419 g/mol. The van der Waals surface area contributed by atoms with Gasteiger partial charge in [-0.2, -0.15) is 0 Å². The highest BCUT2D eigenvalue weighted by atomic mass is 16.5. The predicted octanol–water partition coefficient (Wildman–Crippen LogP) is 4.86. The zero-order valence-electron chi connectivity index (χ0n) is 18.3. The van der Waals surface area contributed by atoms with E-state index in [9.17, 15) is 14.7 Å². The third-order valence-electron chi connectivity index (χ3n) is 5.41. The third kappa shape index (κ3) is 3.58. The van der Waals surface area contributed by atoms with Crippen LogP contribution >= 0.6 is 0 Å². The molecule has 0 radical (unpaired) electrons. The Hall–Kier alpha value is -3.54. The Bertz CT molecular complexity index is 1380. The monoisotopic (exact) mass is 419 g/mol. The van der Waals surface area contributed by atoms with Crippen LogP contribution in [0.3, 0.4) is 0 Å². The molecule has 6 heteroatoms. The highest BCUT2D eigenvalue weighted by Crippen LogP contribution is 2.44. The van der Waals surface area contributed by atoms with Gasteiger partial charge in [0.1, 0.15) is 28.7 Å². The standard InChI is InChI=1S/C25H25NO5/c1-13(2)6-7-15-21(28)20-22(29)17(18-10-19(27)14(3)11-26-18)12-30-24(20)16-8-9-25(4,5)31-23(15)16/h6,8-12,28H,7H2,1-5H3,(H,26,27). The predicted molar refractivity (Wildman–Crippen MR) is 122 cm³/mol. The number of rotatable bonds is 3. The lowest BCUT2D eigenvalue weighted by atomic mass is 9.94. The molecule has 1 aliphatic rings. The molecular weight excluding hydrogens is 394 g/mol. The summed E-state index contributed by atoms with van der Waals surface area (Å²) in [5, 5.41) is 11.2. The van der Waals surface area contributed by atoms with Gasteiger partial charge in [0.15, 0.2) is 11.0 Å². The number of aromatic amines is 1. The largest absolute Gasteiger partial charge is 0.507 e. The number of hydrogen-bond donors (Lipinski definition) is 2. The lowest BCUT2D eigenvalue weighted by molar-refractivity contribution is 0.157. The first-order valence-electron chi connectivity index (χ1n) is 10.1. The van der Waals surface area contributed by atoms with Crippen molar-refractivity contribution in [3.05, 3.63) is 73.4 Å². The van der Waals surface area contributed by atoms with Crippen molar-refractivity contribution >= 4 is 17.0 Å². The van der Waals surface area contributed by atoms with Crippen LogP contribution in [-0.4, -0.2) is 15.7 Å². The number of aryl methyl sites for hydroxylation is 1. The second-order valence-corrected chi connectivity index (χ2v) is 8.67. The zero-order chi connectivity index (χ0) is 22.5. The molecule has 0 fully saturated rings. The second-order valence-electron chi connectivity index (χ2n) is 8.67. The van der Waals surface area contributed by atoms with Crippen molar-refractivity contribution in [2.24, 2.45) is 0 Å². The average Bonchev–Trinajstić information content (AvgIpc) is 2.69. The van der Waals surface area contributed by atoms with Crippen molar-refractivity contribution in [2.75, 3.05) is 0 Å². The number of aromatic hydroxyl groups is 1. The smallest absolute Gasteiger partial charge is 0.205 e. The minimum atomic E-state index is -0.561. The molecule has 0 atom stereocenters. The number of fused-ring (bicyclic) bond motifs is 3. The second kappa shape index (κ2) is 7.30. The van der Waals surface area contributed by atoms with E-state index < -0.39 is 11.0 Å². The molecular formula is C25H25NO5. The van der Waals surface area contributed by atoms with Crippen LogP contribution in [-0.2, 0) is 6.42 Å². The molecule has 3 heterocycles. The number of ether oxygens (including phenoxy) is 1. The SMILES string of the molecule is CC(C)=CCc1c2c(c3occ(-c4cc(=O)c(C)c[nH]4)c(=O)c3c1O)C=CC(C)(C)O2. The molecule has 0 amide bonds. The van der Waals surface area contributed by atoms with E-state index in [0.717, 1.165) is 5.57 Å². The number of aromatic nitrogens is 1. The van der Waals surface area contributed by atoms with Gasteiger partial charge in [-0.1, -0.05) is 11.6 Å². The summed E-state index contributed by atoms with van der Waals surface area (Å²) in [6, 6.07) is 1.36. The van der Waals surface area contributed by atoms with Gasteiger partial charge in [0, 0.05) is 23.4 Å². The minimum Gasteiger partial charge on any atom is -0.507 e. The summed E-state index contributed by atoms with van der Waals surface area (Å²) in [6.07, 6.45) is 8.99. The van der Waals surface area contributed by atoms with Crippen LogP contribution in [0.4, 0.5) is 0 Å². The van der Waals surface area contributed by atoms with Crippen LogP contribution in [0, 0.1) is 6.92 Å². The van der Waals surface area contributed by atoms with Crippen LogP contribution in [0.5, 0.6) is 11.5 Å². The van der Waals surface area contributed by atoms with Gasteiger partial charge in [-0.15, -0.1) is 0 Å². The first-order chi connectivity index (χ1) is 14.6. The van der Waals surface area contributed by atoms with E-state index in [-0.39, 0.29) is 27.7 Å². The van der Waals surface area contributed by atoms with Crippen molar-refractivity contribution < 1.29 is 14.3 Å². The summed E-state index contributed by atoms with van der Waals surface area (Å²) >= 11 is 0. The van der Waals surface area contributed by atoms with Crippen LogP contribution in [0.25, 0.3) is 28.3 Å². The Balaban J connectivity index is 2.06. The highest BCUT2D eigenvalue weighted by Gasteiger charge is 2.30. The Morgan fingerprint density at radius 3 is 2.68 bits per heavy atom. The first-order valence-corrected chi connectivity index (χ1v) is 10.1. The van der Waals surface area contributed by atoms with E-state index in [2.05, 4.69) is 4.98 Å². The molecule has 2 N–H and O–H groups in total.